The Morgan fingerprint density at radius 3 is 2.88 bits per heavy atom. The van der Waals surface area contributed by atoms with Gasteiger partial charge in [0.1, 0.15) is 0 Å². The third-order valence-electron chi connectivity index (χ3n) is 3.09. The highest BCUT2D eigenvalue weighted by Gasteiger charge is 2.23. The van der Waals surface area contributed by atoms with Gasteiger partial charge in [0, 0.05) is 18.1 Å². The summed E-state index contributed by atoms with van der Waals surface area (Å²) in [5, 5.41) is 4.17. The summed E-state index contributed by atoms with van der Waals surface area (Å²) in [5.41, 5.74) is 1.42. The van der Waals surface area contributed by atoms with Gasteiger partial charge in [-0.05, 0) is 36.6 Å². The first-order chi connectivity index (χ1) is 8.29. The molecule has 1 heterocycles. The molecule has 0 radical (unpaired) electrons. The minimum absolute atomic E-state index is 0.668. The molecule has 94 valence electrons. The number of benzene rings is 1. The number of hydrogen-bond acceptors (Lipinski definition) is 3. The molecule has 0 spiro atoms. The maximum absolute atomic E-state index is 5.91. The first-order valence-electron chi connectivity index (χ1n) is 6.13. The molecular weight excluding hydrogens is 252 g/mol. The van der Waals surface area contributed by atoms with E-state index in [1.165, 1.54) is 18.5 Å². The molecule has 1 aliphatic rings. The van der Waals surface area contributed by atoms with Crippen LogP contribution in [0.2, 0.25) is 5.02 Å². The van der Waals surface area contributed by atoms with Gasteiger partial charge in [0.15, 0.2) is 0 Å². The van der Waals surface area contributed by atoms with Crippen LogP contribution in [-0.4, -0.2) is 29.8 Å². The molecule has 4 heteroatoms. The predicted octanol–water partition coefficient (Wildman–Crippen LogP) is 3.34. The Kier molecular flexibility index (Phi) is 5.16. The summed E-state index contributed by atoms with van der Waals surface area (Å²) in [7, 11) is 0. The minimum Gasteiger partial charge on any atom is -0.307 e. The van der Waals surface area contributed by atoms with Crippen LogP contribution < -0.4 is 5.32 Å². The van der Waals surface area contributed by atoms with Crippen LogP contribution >= 0.6 is 23.5 Å². The van der Waals surface area contributed by atoms with Gasteiger partial charge < -0.3 is 5.32 Å². The van der Waals surface area contributed by atoms with Crippen molar-refractivity contribution < 1.29 is 0 Å². The highest BCUT2D eigenvalue weighted by molar-refractivity contribution is 7.96. The van der Waals surface area contributed by atoms with Crippen molar-refractivity contribution in [3.8, 4) is 0 Å². The van der Waals surface area contributed by atoms with Crippen molar-refractivity contribution in [2.45, 2.75) is 19.3 Å². The molecule has 0 bridgehead atoms. The average molecular weight is 271 g/mol. The minimum atomic E-state index is 0.668. The summed E-state index contributed by atoms with van der Waals surface area (Å²) >= 11 is 7.82. The Balaban J connectivity index is 1.83. The average Bonchev–Trinajstić information content (AvgIpc) is 2.79. The topological polar surface area (TPSA) is 15.3 Å². The Morgan fingerprint density at radius 1 is 1.41 bits per heavy atom. The van der Waals surface area contributed by atoms with Crippen molar-refractivity contribution >= 4 is 23.5 Å². The van der Waals surface area contributed by atoms with Gasteiger partial charge in [-0.1, -0.05) is 42.6 Å². The second kappa shape index (κ2) is 6.64. The summed E-state index contributed by atoms with van der Waals surface area (Å²) < 4.78 is 2.46. The maximum Gasteiger partial charge on any atom is 0.0567 e. The molecule has 0 unspecified atom stereocenters. The van der Waals surface area contributed by atoms with Gasteiger partial charge in [0.2, 0.25) is 0 Å². The fraction of sp³-hybridized carbons (Fsp3) is 0.538. The standard InChI is InChI=1S/C13H19ClN2S/c1-2-15-10-17-16-8-7-12(9-16)11-3-5-13(14)6-4-11/h3-6,12,15H,2,7-10H2,1H3/t12-/m0/s1. The lowest BCUT2D eigenvalue weighted by molar-refractivity contribution is 0.572. The molecule has 0 saturated carbocycles. The fourth-order valence-electron chi connectivity index (χ4n) is 2.09. The van der Waals surface area contributed by atoms with Crippen molar-refractivity contribution in [1.82, 2.24) is 9.62 Å². The van der Waals surface area contributed by atoms with E-state index >= 15 is 0 Å². The molecule has 0 aliphatic carbocycles. The van der Waals surface area contributed by atoms with E-state index in [-0.39, 0.29) is 0 Å². The van der Waals surface area contributed by atoms with Crippen LogP contribution in [0, 0.1) is 0 Å². The summed E-state index contributed by atoms with van der Waals surface area (Å²) in [6.45, 7) is 5.52. The monoisotopic (exact) mass is 270 g/mol. The van der Waals surface area contributed by atoms with Crippen LogP contribution in [-0.2, 0) is 0 Å². The van der Waals surface area contributed by atoms with Crippen molar-refractivity contribution in [3.05, 3.63) is 34.9 Å². The molecular formula is C13H19ClN2S. The van der Waals surface area contributed by atoms with E-state index in [1.807, 2.05) is 24.1 Å². The molecule has 1 aliphatic heterocycles. The van der Waals surface area contributed by atoms with E-state index < -0.39 is 0 Å². The van der Waals surface area contributed by atoms with Crippen molar-refractivity contribution in [1.29, 1.82) is 0 Å². The number of hydrogen-bond donors (Lipinski definition) is 1. The lowest BCUT2D eigenvalue weighted by Crippen LogP contribution is -2.19. The van der Waals surface area contributed by atoms with E-state index in [9.17, 15) is 0 Å². The highest BCUT2D eigenvalue weighted by Crippen LogP contribution is 2.31. The van der Waals surface area contributed by atoms with Gasteiger partial charge in [0.05, 0.1) is 5.88 Å². The van der Waals surface area contributed by atoms with Crippen LogP contribution in [0.1, 0.15) is 24.8 Å². The first-order valence-corrected chi connectivity index (χ1v) is 7.45. The predicted molar refractivity (Wildman–Crippen MR) is 76.5 cm³/mol. The van der Waals surface area contributed by atoms with Gasteiger partial charge in [-0.3, -0.25) is 0 Å². The van der Waals surface area contributed by atoms with Crippen LogP contribution in [0.4, 0.5) is 0 Å². The maximum atomic E-state index is 5.91. The molecule has 0 aromatic heterocycles. The van der Waals surface area contributed by atoms with Crippen molar-refractivity contribution in [2.24, 2.45) is 0 Å². The molecule has 17 heavy (non-hydrogen) atoms. The Labute approximate surface area is 113 Å². The molecule has 1 aromatic carbocycles. The van der Waals surface area contributed by atoms with Gasteiger partial charge in [-0.2, -0.15) is 0 Å². The van der Waals surface area contributed by atoms with E-state index in [0.717, 1.165) is 24.0 Å². The van der Waals surface area contributed by atoms with Gasteiger partial charge in [-0.15, -0.1) is 0 Å². The lowest BCUT2D eigenvalue weighted by atomic mass is 9.99. The second-order valence-electron chi connectivity index (χ2n) is 4.30. The van der Waals surface area contributed by atoms with Gasteiger partial charge in [-0.25, -0.2) is 4.31 Å². The molecule has 0 amide bonds. The van der Waals surface area contributed by atoms with Crippen molar-refractivity contribution in [3.63, 3.8) is 0 Å². The Hall–Kier alpha value is -0.220. The third kappa shape index (κ3) is 3.88. The molecule has 1 aromatic rings. The molecule has 1 atom stereocenters. The molecule has 1 fully saturated rings. The van der Waals surface area contributed by atoms with Gasteiger partial charge >= 0.3 is 0 Å². The van der Waals surface area contributed by atoms with Crippen LogP contribution in [0.5, 0.6) is 0 Å². The van der Waals surface area contributed by atoms with Crippen molar-refractivity contribution in [2.75, 3.05) is 25.5 Å². The number of rotatable bonds is 5. The summed E-state index contributed by atoms with van der Waals surface area (Å²) in [5.74, 6) is 1.69. The largest absolute Gasteiger partial charge is 0.307 e. The van der Waals surface area contributed by atoms with E-state index in [4.69, 9.17) is 11.6 Å². The zero-order valence-corrected chi connectivity index (χ0v) is 11.7. The van der Waals surface area contributed by atoms with Gasteiger partial charge in [0.25, 0.3) is 0 Å². The van der Waals surface area contributed by atoms with Crippen LogP contribution in [0.15, 0.2) is 24.3 Å². The fourth-order valence-corrected chi connectivity index (χ4v) is 3.22. The quantitative estimate of drug-likeness (QED) is 0.502. The summed E-state index contributed by atoms with van der Waals surface area (Å²) in [4.78, 5) is 0. The molecule has 2 rings (SSSR count). The number of nitrogens with one attached hydrogen (secondary N) is 1. The first kappa shape index (κ1) is 13.2. The zero-order chi connectivity index (χ0) is 12.1. The third-order valence-corrected chi connectivity index (χ3v) is 4.37. The molecule has 1 saturated heterocycles. The van der Waals surface area contributed by atoms with E-state index in [1.54, 1.807) is 0 Å². The number of nitrogens with zero attached hydrogens (tertiary/aromatic N) is 1. The normalized spacial score (nSPS) is 20.9. The van der Waals surface area contributed by atoms with Crippen LogP contribution in [0.25, 0.3) is 0 Å². The Bertz CT molecular complexity index is 342. The van der Waals surface area contributed by atoms with E-state index in [0.29, 0.717) is 5.92 Å². The molecule has 1 N–H and O–H groups in total. The van der Waals surface area contributed by atoms with Crippen LogP contribution in [0.3, 0.4) is 0 Å². The summed E-state index contributed by atoms with van der Waals surface area (Å²) in [6.07, 6.45) is 1.25. The SMILES string of the molecule is CCNCSN1CC[C@H](c2ccc(Cl)cc2)C1. The zero-order valence-electron chi connectivity index (χ0n) is 10.2. The van der Waals surface area contributed by atoms with E-state index in [2.05, 4.69) is 28.7 Å². The highest BCUT2D eigenvalue weighted by atomic mass is 35.5. The second-order valence-corrected chi connectivity index (χ2v) is 5.80. The smallest absolute Gasteiger partial charge is 0.0567 e. The lowest BCUT2D eigenvalue weighted by Gasteiger charge is -2.15. The molecule has 2 nitrogen and oxygen atoms in total. The Morgan fingerprint density at radius 2 is 2.18 bits per heavy atom. The number of halogens is 1. The summed E-state index contributed by atoms with van der Waals surface area (Å²) in [6, 6.07) is 8.30.